The molecule has 2 saturated heterocycles. The van der Waals surface area contributed by atoms with Crippen molar-refractivity contribution in [2.24, 2.45) is 13.0 Å². The van der Waals surface area contributed by atoms with E-state index < -0.39 is 46.6 Å². The van der Waals surface area contributed by atoms with Crippen LogP contribution in [0.4, 0.5) is 19.0 Å². The van der Waals surface area contributed by atoms with Gasteiger partial charge in [-0.05, 0) is 92.0 Å². The highest BCUT2D eigenvalue weighted by atomic mass is 19.2. The fraction of sp³-hybridized carbons (Fsp3) is 0.365. The topological polar surface area (TPSA) is 171 Å². The Morgan fingerprint density at radius 3 is 2.39 bits per heavy atom. The Morgan fingerprint density at radius 1 is 0.859 bits per heavy atom. The number of piperidine rings is 1. The van der Waals surface area contributed by atoms with E-state index in [0.29, 0.717) is 29.3 Å². The molecule has 0 bridgehead atoms. The third-order valence-electron chi connectivity index (χ3n) is 14.2. The van der Waals surface area contributed by atoms with Crippen molar-refractivity contribution >= 4 is 45.5 Å². The molecule has 3 aliphatic rings. The Morgan fingerprint density at radius 2 is 1.63 bits per heavy atom. The lowest BCUT2D eigenvalue weighted by atomic mass is 9.86. The number of hydrogen-bond acceptors (Lipinski definition) is 11. The van der Waals surface area contributed by atoms with Gasteiger partial charge in [-0.25, -0.2) is 18.6 Å². The summed E-state index contributed by atoms with van der Waals surface area (Å²) in [7, 11) is 3.22. The molecule has 5 heterocycles. The lowest BCUT2D eigenvalue weighted by Gasteiger charge is -2.35. The number of aryl methyl sites for hydroxylation is 1. The van der Waals surface area contributed by atoms with Crippen LogP contribution in [0.1, 0.15) is 72.1 Å². The fourth-order valence-electron chi connectivity index (χ4n) is 10.0. The van der Waals surface area contributed by atoms with Crippen molar-refractivity contribution in [3.63, 3.8) is 0 Å². The number of amides is 3. The number of benzene rings is 4. The maximum absolute atomic E-state index is 15.1. The quantitative estimate of drug-likeness (QED) is 0.0884. The molecule has 2 aliphatic heterocycles. The number of rotatable bonds is 14. The zero-order valence-electron chi connectivity index (χ0n) is 39.4. The standard InChI is InChI=1S/C52H53F3N10O6/c1-61-44-23-31(7-14-42(44)65(52(61)69)43-15-16-46(66)59-51(43)68)17-18-62-19-21-63(22-20-62)45-28-56-27-41(58-45)34-8-9-35-29-64(60-40(35)24-34)36-10-3-32(4-11-36)26-57-50(67)38-25-39(53)49(48(55)47(38)54)71-30-33-5-12-37(70-2)13-6-33/h5-9,12-14,23-25,27-29,32,36,43H,3-4,10-11,15-22,26,30H2,1-2H3,(H,57,67)(H,59,66,68). The Bertz CT molecular complexity index is 3210. The number of carbonyl (C=O) groups is 3. The van der Waals surface area contributed by atoms with Crippen LogP contribution in [0.3, 0.4) is 0 Å². The third-order valence-corrected chi connectivity index (χ3v) is 14.2. The molecule has 19 heteroatoms. The lowest BCUT2D eigenvalue weighted by molar-refractivity contribution is -0.135. The molecular weight excluding hydrogens is 918 g/mol. The van der Waals surface area contributed by atoms with Crippen molar-refractivity contribution in [2.45, 2.75) is 63.6 Å². The first-order valence-electron chi connectivity index (χ1n) is 23.9. The highest BCUT2D eigenvalue weighted by Gasteiger charge is 2.32. The molecule has 2 N–H and O–H groups in total. The van der Waals surface area contributed by atoms with Crippen LogP contribution in [0.15, 0.2) is 90.1 Å². The predicted octanol–water partition coefficient (Wildman–Crippen LogP) is 6.66. The van der Waals surface area contributed by atoms with E-state index in [9.17, 15) is 28.0 Å². The van der Waals surface area contributed by atoms with Crippen LogP contribution >= 0.6 is 0 Å². The Labute approximate surface area is 406 Å². The largest absolute Gasteiger partial charge is 0.497 e. The van der Waals surface area contributed by atoms with Gasteiger partial charge in [0.2, 0.25) is 17.6 Å². The van der Waals surface area contributed by atoms with Crippen LogP contribution in [0.5, 0.6) is 11.5 Å². The van der Waals surface area contributed by atoms with Crippen LogP contribution < -0.4 is 30.7 Å². The van der Waals surface area contributed by atoms with Gasteiger partial charge in [0.25, 0.3) is 5.91 Å². The third kappa shape index (κ3) is 9.82. The number of imidazole rings is 1. The molecule has 7 aromatic rings. The molecule has 0 spiro atoms. The van der Waals surface area contributed by atoms with E-state index in [-0.39, 0.29) is 43.1 Å². The molecule has 1 saturated carbocycles. The number of nitrogens with one attached hydrogen (secondary N) is 2. The molecule has 16 nitrogen and oxygen atoms in total. The van der Waals surface area contributed by atoms with Gasteiger partial charge in [0.05, 0.1) is 53.4 Å². The van der Waals surface area contributed by atoms with Gasteiger partial charge in [-0.2, -0.15) is 9.49 Å². The molecule has 4 aromatic carbocycles. The number of piperazine rings is 1. The smallest absolute Gasteiger partial charge is 0.329 e. The summed E-state index contributed by atoms with van der Waals surface area (Å²) in [6, 6.07) is 18.8. The molecule has 0 radical (unpaired) electrons. The number of aromatic nitrogens is 6. The molecular formula is C52H53F3N10O6. The molecule has 1 aliphatic carbocycles. The number of imide groups is 1. The van der Waals surface area contributed by atoms with Gasteiger partial charge in [-0.3, -0.25) is 43.4 Å². The maximum atomic E-state index is 15.1. The summed E-state index contributed by atoms with van der Waals surface area (Å²) in [6.07, 6.45) is 10.1. The van der Waals surface area contributed by atoms with E-state index in [2.05, 4.69) is 25.4 Å². The molecule has 1 atom stereocenters. The number of halogens is 3. The van der Waals surface area contributed by atoms with Crippen LogP contribution in [0, 0.1) is 23.4 Å². The highest BCUT2D eigenvalue weighted by Crippen LogP contribution is 2.34. The number of ether oxygens (including phenoxy) is 2. The van der Waals surface area contributed by atoms with Crippen molar-refractivity contribution in [3.05, 3.63) is 130 Å². The molecule has 3 amide bonds. The summed E-state index contributed by atoms with van der Waals surface area (Å²) in [6.45, 7) is 4.13. The van der Waals surface area contributed by atoms with Crippen LogP contribution in [0.25, 0.3) is 33.2 Å². The van der Waals surface area contributed by atoms with Gasteiger partial charge in [0.1, 0.15) is 24.2 Å². The minimum absolute atomic E-state index is 0.0976. The molecule has 10 rings (SSSR count). The maximum Gasteiger partial charge on any atom is 0.329 e. The minimum atomic E-state index is -1.56. The second kappa shape index (κ2) is 20.1. The second-order valence-corrected chi connectivity index (χ2v) is 18.6. The van der Waals surface area contributed by atoms with E-state index in [1.807, 2.05) is 47.3 Å². The summed E-state index contributed by atoms with van der Waals surface area (Å²) in [4.78, 5) is 64.7. The summed E-state index contributed by atoms with van der Waals surface area (Å²) in [5.74, 6) is -5.24. The molecule has 1 unspecified atom stereocenters. The predicted molar refractivity (Wildman–Crippen MR) is 259 cm³/mol. The molecule has 3 fully saturated rings. The first-order valence-corrected chi connectivity index (χ1v) is 23.9. The van der Waals surface area contributed by atoms with Gasteiger partial charge in [-0.1, -0.05) is 30.3 Å². The number of hydrogen-bond donors (Lipinski definition) is 2. The van der Waals surface area contributed by atoms with Crippen LogP contribution in [-0.4, -0.2) is 97.9 Å². The molecule has 368 valence electrons. The van der Waals surface area contributed by atoms with E-state index in [4.69, 9.17) is 19.6 Å². The number of anilines is 1. The monoisotopic (exact) mass is 970 g/mol. The van der Waals surface area contributed by atoms with Crippen molar-refractivity contribution < 1.29 is 37.0 Å². The summed E-state index contributed by atoms with van der Waals surface area (Å²) in [5, 5.41) is 11.0. The number of nitrogens with zero attached hydrogens (tertiary/aromatic N) is 8. The van der Waals surface area contributed by atoms with Gasteiger partial charge in [0, 0.05) is 69.9 Å². The van der Waals surface area contributed by atoms with E-state index >= 15 is 4.39 Å². The minimum Gasteiger partial charge on any atom is -0.497 e. The van der Waals surface area contributed by atoms with Crippen molar-refractivity contribution in [2.75, 3.05) is 51.3 Å². The first-order chi connectivity index (χ1) is 34.4. The Balaban J connectivity index is 0.698. The van der Waals surface area contributed by atoms with Gasteiger partial charge in [-0.15, -0.1) is 0 Å². The number of carbonyl (C=O) groups excluding carboxylic acids is 3. The zero-order chi connectivity index (χ0) is 49.3. The summed E-state index contributed by atoms with van der Waals surface area (Å²) in [5.41, 5.74) is 4.61. The van der Waals surface area contributed by atoms with Crippen molar-refractivity contribution in [3.8, 4) is 22.8 Å². The van der Waals surface area contributed by atoms with Gasteiger partial charge >= 0.3 is 5.69 Å². The van der Waals surface area contributed by atoms with Crippen LogP contribution in [-0.2, 0) is 29.7 Å². The molecule has 3 aromatic heterocycles. The van der Waals surface area contributed by atoms with E-state index in [1.165, 1.54) is 11.7 Å². The average molecular weight is 971 g/mol. The molecule has 71 heavy (non-hydrogen) atoms. The highest BCUT2D eigenvalue weighted by molar-refractivity contribution is 6.00. The number of fused-ring (bicyclic) bond motifs is 2. The van der Waals surface area contributed by atoms with Crippen LogP contribution in [0.2, 0.25) is 0 Å². The van der Waals surface area contributed by atoms with Crippen molar-refractivity contribution in [1.82, 2.24) is 44.4 Å². The lowest BCUT2D eigenvalue weighted by Crippen LogP contribution is -2.47. The Hall–Kier alpha value is -7.54. The van der Waals surface area contributed by atoms with Gasteiger partial charge < -0.3 is 19.7 Å². The Kier molecular flexibility index (Phi) is 13.3. The van der Waals surface area contributed by atoms with Crippen molar-refractivity contribution in [1.29, 1.82) is 0 Å². The normalized spacial score (nSPS) is 18.8. The van der Waals surface area contributed by atoms with E-state index in [1.54, 1.807) is 48.3 Å². The average Bonchev–Trinajstić information content (AvgIpc) is 3.93. The van der Waals surface area contributed by atoms with Gasteiger partial charge in [0.15, 0.2) is 17.4 Å². The SMILES string of the molecule is COc1ccc(COc2c(F)cc(C(=O)NCC3CCC(n4cc5ccc(-c6cncc(N7CCN(CCc8ccc9c(c8)n(C)c(=O)n9C8CCC(=O)NC8=O)CC7)n6)cc5n4)CC3)c(F)c2F)cc1. The second-order valence-electron chi connectivity index (χ2n) is 18.6. The fourth-order valence-corrected chi connectivity index (χ4v) is 10.0. The first kappa shape index (κ1) is 47.2. The summed E-state index contributed by atoms with van der Waals surface area (Å²) < 4.78 is 60.4. The number of methoxy groups -OCH3 is 1. The zero-order valence-corrected chi connectivity index (χ0v) is 39.4. The van der Waals surface area contributed by atoms with E-state index in [0.717, 1.165) is 104 Å². The summed E-state index contributed by atoms with van der Waals surface area (Å²) >= 11 is 0.